The van der Waals surface area contributed by atoms with Crippen molar-refractivity contribution in [2.75, 3.05) is 25.1 Å². The number of anilines is 1. The van der Waals surface area contributed by atoms with E-state index in [4.69, 9.17) is 17.0 Å². The standard InChI is InChI=1S/C24H25N3OS2/c29-23(26-18-24(13-15-28-16-14-24)19-7-3-1-4-8-19)27-20-11-12-22(25-17-20)30-21-9-5-2-6-10-21/h1-12,17H,13-16,18H2,(H2,26,27,29). The first-order chi connectivity index (χ1) is 14.7. The van der Waals surface area contributed by atoms with Crippen molar-refractivity contribution < 1.29 is 4.74 Å². The smallest absolute Gasteiger partial charge is 0.170 e. The van der Waals surface area contributed by atoms with Gasteiger partial charge in [0, 0.05) is 30.1 Å². The lowest BCUT2D eigenvalue weighted by atomic mass is 9.74. The molecule has 1 fully saturated rings. The number of hydrogen-bond donors (Lipinski definition) is 2. The Balaban J connectivity index is 1.34. The SMILES string of the molecule is S=C(NCC1(c2ccccc2)CCOCC1)Nc1ccc(Sc2ccccc2)nc1. The zero-order valence-corrected chi connectivity index (χ0v) is 18.3. The van der Waals surface area contributed by atoms with Crippen molar-refractivity contribution in [2.45, 2.75) is 28.2 Å². The van der Waals surface area contributed by atoms with Gasteiger partial charge in [-0.25, -0.2) is 4.98 Å². The summed E-state index contributed by atoms with van der Waals surface area (Å²) in [5.41, 5.74) is 2.26. The highest BCUT2D eigenvalue weighted by Crippen LogP contribution is 2.34. The van der Waals surface area contributed by atoms with E-state index in [1.165, 1.54) is 10.5 Å². The molecule has 2 aromatic carbocycles. The summed E-state index contributed by atoms with van der Waals surface area (Å²) in [5, 5.41) is 8.25. The highest BCUT2D eigenvalue weighted by Gasteiger charge is 2.34. The summed E-state index contributed by atoms with van der Waals surface area (Å²) in [7, 11) is 0. The molecule has 1 aromatic heterocycles. The lowest BCUT2D eigenvalue weighted by Crippen LogP contribution is -2.45. The number of benzene rings is 2. The summed E-state index contributed by atoms with van der Waals surface area (Å²) in [6, 6.07) is 24.9. The summed E-state index contributed by atoms with van der Waals surface area (Å²) >= 11 is 7.20. The minimum Gasteiger partial charge on any atom is -0.381 e. The number of aromatic nitrogens is 1. The van der Waals surface area contributed by atoms with E-state index < -0.39 is 0 Å². The van der Waals surface area contributed by atoms with Crippen LogP contribution in [0.15, 0.2) is 88.9 Å². The summed E-state index contributed by atoms with van der Waals surface area (Å²) in [6.45, 7) is 2.34. The van der Waals surface area contributed by atoms with Crippen LogP contribution < -0.4 is 10.6 Å². The van der Waals surface area contributed by atoms with E-state index in [1.54, 1.807) is 11.8 Å². The molecule has 0 saturated carbocycles. The van der Waals surface area contributed by atoms with Crippen LogP contribution in [0.2, 0.25) is 0 Å². The van der Waals surface area contributed by atoms with Gasteiger partial charge >= 0.3 is 0 Å². The Morgan fingerprint density at radius 2 is 1.67 bits per heavy atom. The summed E-state index contributed by atoms with van der Waals surface area (Å²) in [5.74, 6) is 0. The van der Waals surface area contributed by atoms with Gasteiger partial charge in [0.1, 0.15) is 5.03 Å². The number of thiocarbonyl (C=S) groups is 1. The molecule has 1 aliphatic rings. The Bertz CT molecular complexity index is 943. The number of rotatable bonds is 6. The van der Waals surface area contributed by atoms with Crippen LogP contribution in [0.1, 0.15) is 18.4 Å². The molecule has 154 valence electrons. The summed E-state index contributed by atoms with van der Waals surface area (Å²) < 4.78 is 5.62. The predicted molar refractivity (Wildman–Crippen MR) is 127 cm³/mol. The fourth-order valence-corrected chi connectivity index (χ4v) is 4.64. The second kappa shape index (κ2) is 10.1. The van der Waals surface area contributed by atoms with Crippen molar-refractivity contribution in [1.82, 2.24) is 10.3 Å². The van der Waals surface area contributed by atoms with Crippen molar-refractivity contribution >= 4 is 34.8 Å². The summed E-state index contributed by atoms with van der Waals surface area (Å²) in [4.78, 5) is 5.71. The molecule has 2 N–H and O–H groups in total. The number of pyridine rings is 1. The molecule has 0 spiro atoms. The second-order valence-electron chi connectivity index (χ2n) is 7.37. The molecular formula is C24H25N3OS2. The maximum Gasteiger partial charge on any atom is 0.170 e. The third-order valence-electron chi connectivity index (χ3n) is 5.38. The minimum absolute atomic E-state index is 0.0414. The normalized spacial score (nSPS) is 15.3. The van der Waals surface area contributed by atoms with E-state index in [-0.39, 0.29) is 5.41 Å². The molecule has 4 rings (SSSR count). The number of nitrogens with zero attached hydrogens (tertiary/aromatic N) is 1. The molecule has 1 aliphatic heterocycles. The molecule has 30 heavy (non-hydrogen) atoms. The quantitative estimate of drug-likeness (QED) is 0.515. The summed E-state index contributed by atoms with van der Waals surface area (Å²) in [6.07, 6.45) is 3.79. The van der Waals surface area contributed by atoms with Gasteiger partial charge in [-0.2, -0.15) is 0 Å². The maximum atomic E-state index is 5.62. The first-order valence-corrected chi connectivity index (χ1v) is 11.3. The minimum atomic E-state index is 0.0414. The third kappa shape index (κ3) is 5.39. The highest BCUT2D eigenvalue weighted by molar-refractivity contribution is 7.99. The van der Waals surface area contributed by atoms with Gasteiger partial charge in [-0.05, 0) is 54.9 Å². The second-order valence-corrected chi connectivity index (χ2v) is 8.87. The van der Waals surface area contributed by atoms with Crippen LogP contribution in [-0.2, 0) is 10.2 Å². The Hall–Kier alpha value is -2.41. The molecule has 0 amide bonds. The van der Waals surface area contributed by atoms with Gasteiger partial charge in [-0.3, -0.25) is 0 Å². The number of hydrogen-bond acceptors (Lipinski definition) is 4. The van der Waals surface area contributed by atoms with Gasteiger partial charge in [0.15, 0.2) is 5.11 Å². The van der Waals surface area contributed by atoms with Crippen molar-refractivity contribution in [2.24, 2.45) is 0 Å². The molecule has 0 bridgehead atoms. The van der Waals surface area contributed by atoms with E-state index in [0.29, 0.717) is 5.11 Å². The Morgan fingerprint density at radius 3 is 2.33 bits per heavy atom. The zero-order chi connectivity index (χ0) is 20.7. The molecule has 6 heteroatoms. The van der Waals surface area contributed by atoms with Crippen molar-refractivity contribution in [3.05, 3.63) is 84.6 Å². The van der Waals surface area contributed by atoms with E-state index >= 15 is 0 Å². The van der Waals surface area contributed by atoms with Gasteiger partial charge in [0.25, 0.3) is 0 Å². The fourth-order valence-electron chi connectivity index (χ4n) is 3.67. The van der Waals surface area contributed by atoms with Gasteiger partial charge in [-0.15, -0.1) is 0 Å². The van der Waals surface area contributed by atoms with Crippen molar-refractivity contribution in [1.29, 1.82) is 0 Å². The van der Waals surface area contributed by atoms with Crippen molar-refractivity contribution in [3.8, 4) is 0 Å². The lowest BCUT2D eigenvalue weighted by molar-refractivity contribution is 0.0515. The van der Waals surface area contributed by atoms with Gasteiger partial charge in [0.2, 0.25) is 0 Å². The molecule has 0 radical (unpaired) electrons. The van der Waals surface area contributed by atoms with E-state index in [2.05, 4.69) is 58.1 Å². The van der Waals surface area contributed by atoms with Crippen LogP contribution in [0.5, 0.6) is 0 Å². The van der Waals surface area contributed by atoms with E-state index in [1.807, 2.05) is 36.5 Å². The fraction of sp³-hybridized carbons (Fsp3) is 0.250. The number of ether oxygens (including phenoxy) is 1. The van der Waals surface area contributed by atoms with Crippen molar-refractivity contribution in [3.63, 3.8) is 0 Å². The Kier molecular flexibility index (Phi) is 7.00. The molecule has 0 aliphatic carbocycles. The van der Waals surface area contributed by atoms with E-state index in [0.717, 1.165) is 43.3 Å². The topological polar surface area (TPSA) is 46.2 Å². The van der Waals surface area contributed by atoms with Gasteiger partial charge in [0.05, 0.1) is 11.9 Å². The van der Waals surface area contributed by atoms with Crippen LogP contribution in [0.4, 0.5) is 5.69 Å². The highest BCUT2D eigenvalue weighted by atomic mass is 32.2. The van der Waals surface area contributed by atoms with Gasteiger partial charge in [-0.1, -0.05) is 60.3 Å². The first-order valence-electron chi connectivity index (χ1n) is 10.1. The Morgan fingerprint density at radius 1 is 0.967 bits per heavy atom. The van der Waals surface area contributed by atoms with Crippen LogP contribution in [0.25, 0.3) is 0 Å². The average Bonchev–Trinajstić information content (AvgIpc) is 2.81. The third-order valence-corrected chi connectivity index (χ3v) is 6.59. The van der Waals surface area contributed by atoms with Crippen LogP contribution in [-0.4, -0.2) is 29.9 Å². The van der Waals surface area contributed by atoms with Gasteiger partial charge < -0.3 is 15.4 Å². The largest absolute Gasteiger partial charge is 0.381 e. The molecule has 1 saturated heterocycles. The first kappa shape index (κ1) is 20.8. The lowest BCUT2D eigenvalue weighted by Gasteiger charge is -2.38. The van der Waals surface area contributed by atoms with Crippen LogP contribution in [0, 0.1) is 0 Å². The van der Waals surface area contributed by atoms with E-state index in [9.17, 15) is 0 Å². The van der Waals surface area contributed by atoms with Crippen LogP contribution >= 0.6 is 24.0 Å². The average molecular weight is 436 g/mol. The Labute approximate surface area is 187 Å². The number of nitrogens with one attached hydrogen (secondary N) is 2. The molecule has 0 atom stereocenters. The maximum absolute atomic E-state index is 5.62. The molecule has 2 heterocycles. The molecule has 4 nitrogen and oxygen atoms in total. The predicted octanol–water partition coefficient (Wildman–Crippen LogP) is 5.27. The molecule has 0 unspecified atom stereocenters. The molecule has 3 aromatic rings. The zero-order valence-electron chi connectivity index (χ0n) is 16.7. The monoisotopic (exact) mass is 435 g/mol. The van der Waals surface area contributed by atoms with Crippen LogP contribution in [0.3, 0.4) is 0 Å². The molecular weight excluding hydrogens is 410 g/mol.